The minimum Gasteiger partial charge on any atom is -0.457 e. The van der Waals surface area contributed by atoms with Crippen molar-refractivity contribution in [3.05, 3.63) is 54.6 Å². The fourth-order valence-corrected chi connectivity index (χ4v) is 2.30. The highest BCUT2D eigenvalue weighted by Gasteiger charge is 2.40. The van der Waals surface area contributed by atoms with Gasteiger partial charge >= 0.3 is 0 Å². The summed E-state index contributed by atoms with van der Waals surface area (Å²) in [6, 6.07) is 16.9. The topological polar surface area (TPSA) is 64.4 Å². The number of hydrogen-bond donors (Lipinski definition) is 2. The molecule has 1 amide bonds. The first-order valence-corrected chi connectivity index (χ1v) is 7.09. The maximum absolute atomic E-state index is 12.1. The molecule has 0 unspecified atom stereocenters. The first-order chi connectivity index (χ1) is 10.2. The second-order valence-corrected chi connectivity index (χ2v) is 5.41. The molecular formula is C17H18N2O2. The Bertz CT molecular complexity index is 636. The molecule has 4 heteroatoms. The molecule has 0 radical (unpaired) electrons. The first kappa shape index (κ1) is 13.6. The number of amides is 1. The van der Waals surface area contributed by atoms with E-state index in [0.717, 1.165) is 25.0 Å². The molecule has 0 aromatic heterocycles. The third-order valence-electron chi connectivity index (χ3n) is 3.77. The Morgan fingerprint density at radius 3 is 2.43 bits per heavy atom. The summed E-state index contributed by atoms with van der Waals surface area (Å²) >= 11 is 0. The summed E-state index contributed by atoms with van der Waals surface area (Å²) in [5.41, 5.74) is 6.01. The predicted molar refractivity (Wildman–Crippen MR) is 82.4 cm³/mol. The number of carbonyl (C=O) groups is 1. The number of ether oxygens (including phenoxy) is 1. The van der Waals surface area contributed by atoms with Crippen LogP contribution in [0.15, 0.2) is 54.6 Å². The van der Waals surface area contributed by atoms with Gasteiger partial charge in [0.15, 0.2) is 0 Å². The van der Waals surface area contributed by atoms with Crippen LogP contribution in [0.5, 0.6) is 11.5 Å². The van der Waals surface area contributed by atoms with Crippen LogP contribution in [0.4, 0.5) is 5.69 Å². The van der Waals surface area contributed by atoms with Gasteiger partial charge in [-0.2, -0.15) is 0 Å². The minimum atomic E-state index is -0.698. The largest absolute Gasteiger partial charge is 0.457 e. The summed E-state index contributed by atoms with van der Waals surface area (Å²) in [6.45, 7) is 0. The van der Waals surface area contributed by atoms with Crippen molar-refractivity contribution in [1.82, 2.24) is 0 Å². The number of benzene rings is 2. The Balaban J connectivity index is 1.70. The van der Waals surface area contributed by atoms with Gasteiger partial charge in [0, 0.05) is 11.8 Å². The quantitative estimate of drug-likeness (QED) is 0.904. The van der Waals surface area contributed by atoms with Crippen LogP contribution < -0.4 is 15.8 Å². The molecule has 2 aromatic carbocycles. The summed E-state index contributed by atoms with van der Waals surface area (Å²) < 4.78 is 5.74. The van der Waals surface area contributed by atoms with Crippen molar-refractivity contribution in [2.24, 2.45) is 5.73 Å². The highest BCUT2D eigenvalue weighted by molar-refractivity contribution is 5.98. The lowest BCUT2D eigenvalue weighted by molar-refractivity contribution is -0.123. The molecule has 0 atom stereocenters. The van der Waals surface area contributed by atoms with Gasteiger partial charge in [-0.15, -0.1) is 0 Å². The number of nitrogens with one attached hydrogen (secondary N) is 1. The van der Waals surface area contributed by atoms with Crippen LogP contribution in [0.3, 0.4) is 0 Å². The average molecular weight is 282 g/mol. The van der Waals surface area contributed by atoms with Crippen LogP contribution in [0.2, 0.25) is 0 Å². The molecule has 1 aliphatic carbocycles. The van der Waals surface area contributed by atoms with Gasteiger partial charge in [0.2, 0.25) is 5.91 Å². The van der Waals surface area contributed by atoms with Gasteiger partial charge in [0.05, 0.1) is 5.54 Å². The van der Waals surface area contributed by atoms with Crippen LogP contribution in [-0.2, 0) is 4.79 Å². The van der Waals surface area contributed by atoms with Gasteiger partial charge in [0.25, 0.3) is 0 Å². The maximum atomic E-state index is 12.1. The predicted octanol–water partition coefficient (Wildman–Crippen LogP) is 3.30. The summed E-state index contributed by atoms with van der Waals surface area (Å²) in [5.74, 6) is 1.32. The zero-order valence-electron chi connectivity index (χ0n) is 11.7. The van der Waals surface area contributed by atoms with Crippen molar-refractivity contribution in [3.8, 4) is 11.5 Å². The maximum Gasteiger partial charge on any atom is 0.244 e. The van der Waals surface area contributed by atoms with Gasteiger partial charge < -0.3 is 15.8 Å². The van der Waals surface area contributed by atoms with E-state index in [0.29, 0.717) is 11.4 Å². The Labute approximate surface area is 123 Å². The fraction of sp³-hybridized carbons (Fsp3) is 0.235. The van der Waals surface area contributed by atoms with Gasteiger partial charge in [-0.1, -0.05) is 24.3 Å². The molecule has 2 aromatic rings. The molecular weight excluding hydrogens is 264 g/mol. The monoisotopic (exact) mass is 282 g/mol. The smallest absolute Gasteiger partial charge is 0.244 e. The third-order valence-corrected chi connectivity index (χ3v) is 3.77. The molecule has 3 rings (SSSR count). The second kappa shape index (κ2) is 5.58. The zero-order chi connectivity index (χ0) is 14.7. The van der Waals surface area contributed by atoms with E-state index in [2.05, 4.69) is 5.32 Å². The highest BCUT2D eigenvalue weighted by Crippen LogP contribution is 2.31. The summed E-state index contributed by atoms with van der Waals surface area (Å²) in [4.78, 5) is 12.1. The lowest BCUT2D eigenvalue weighted by Gasteiger charge is -2.36. The SMILES string of the molecule is NC1(C(=O)Nc2cccc(Oc3ccccc3)c2)CCC1. The highest BCUT2D eigenvalue weighted by atomic mass is 16.5. The van der Waals surface area contributed by atoms with Crippen molar-refractivity contribution in [3.63, 3.8) is 0 Å². The van der Waals surface area contributed by atoms with E-state index in [-0.39, 0.29) is 5.91 Å². The van der Waals surface area contributed by atoms with E-state index >= 15 is 0 Å². The number of nitrogens with two attached hydrogens (primary N) is 1. The van der Waals surface area contributed by atoms with E-state index in [9.17, 15) is 4.79 Å². The van der Waals surface area contributed by atoms with E-state index in [1.807, 2.05) is 48.5 Å². The molecule has 0 saturated heterocycles. The minimum absolute atomic E-state index is 0.120. The van der Waals surface area contributed by atoms with Gasteiger partial charge in [-0.05, 0) is 43.5 Å². The second-order valence-electron chi connectivity index (χ2n) is 5.41. The molecule has 21 heavy (non-hydrogen) atoms. The first-order valence-electron chi connectivity index (χ1n) is 7.09. The van der Waals surface area contributed by atoms with Crippen LogP contribution in [-0.4, -0.2) is 11.4 Å². The van der Waals surface area contributed by atoms with Crippen LogP contribution in [0.1, 0.15) is 19.3 Å². The summed E-state index contributed by atoms with van der Waals surface area (Å²) in [6.07, 6.45) is 2.51. The number of anilines is 1. The van der Waals surface area contributed by atoms with Crippen molar-refractivity contribution in [2.75, 3.05) is 5.32 Å². The lowest BCUT2D eigenvalue weighted by atomic mass is 9.77. The standard InChI is InChI=1S/C17H18N2O2/c18-17(10-5-11-17)16(20)19-13-6-4-9-15(12-13)21-14-7-2-1-3-8-14/h1-4,6-9,12H,5,10-11,18H2,(H,19,20). The van der Waals surface area contributed by atoms with Crippen LogP contribution in [0, 0.1) is 0 Å². The van der Waals surface area contributed by atoms with Crippen LogP contribution >= 0.6 is 0 Å². The van der Waals surface area contributed by atoms with Gasteiger partial charge in [-0.3, -0.25) is 4.79 Å². The number of rotatable bonds is 4. The molecule has 1 saturated carbocycles. The summed E-state index contributed by atoms with van der Waals surface area (Å²) in [5, 5.41) is 2.87. The van der Waals surface area contributed by atoms with Crippen molar-refractivity contribution in [1.29, 1.82) is 0 Å². The molecule has 0 aliphatic heterocycles. The Kier molecular flexibility index (Phi) is 3.62. The number of carbonyl (C=O) groups excluding carboxylic acids is 1. The molecule has 1 aliphatic rings. The molecule has 0 spiro atoms. The average Bonchev–Trinajstić information content (AvgIpc) is 2.46. The molecule has 3 N–H and O–H groups in total. The lowest BCUT2D eigenvalue weighted by Crippen LogP contribution is -2.56. The van der Waals surface area contributed by atoms with E-state index in [4.69, 9.17) is 10.5 Å². The van der Waals surface area contributed by atoms with Crippen LogP contribution in [0.25, 0.3) is 0 Å². The molecule has 1 fully saturated rings. The molecule has 0 heterocycles. The molecule has 108 valence electrons. The number of hydrogen-bond acceptors (Lipinski definition) is 3. The van der Waals surface area contributed by atoms with Crippen molar-refractivity contribution < 1.29 is 9.53 Å². The van der Waals surface area contributed by atoms with Crippen molar-refractivity contribution in [2.45, 2.75) is 24.8 Å². The van der Waals surface area contributed by atoms with Gasteiger partial charge in [0.1, 0.15) is 11.5 Å². The third kappa shape index (κ3) is 3.06. The molecule has 0 bridgehead atoms. The normalized spacial score (nSPS) is 15.9. The zero-order valence-corrected chi connectivity index (χ0v) is 11.7. The number of para-hydroxylation sites is 1. The Morgan fingerprint density at radius 1 is 1.05 bits per heavy atom. The van der Waals surface area contributed by atoms with E-state index < -0.39 is 5.54 Å². The van der Waals surface area contributed by atoms with Gasteiger partial charge in [-0.25, -0.2) is 0 Å². The fourth-order valence-electron chi connectivity index (χ4n) is 2.30. The Hall–Kier alpha value is -2.33. The van der Waals surface area contributed by atoms with E-state index in [1.54, 1.807) is 6.07 Å². The van der Waals surface area contributed by atoms with Crippen molar-refractivity contribution >= 4 is 11.6 Å². The summed E-state index contributed by atoms with van der Waals surface area (Å²) in [7, 11) is 0. The molecule has 4 nitrogen and oxygen atoms in total. The Morgan fingerprint density at radius 2 is 1.76 bits per heavy atom. The van der Waals surface area contributed by atoms with E-state index in [1.165, 1.54) is 0 Å².